The number of nitro groups is 1. The van der Waals surface area contributed by atoms with Crippen molar-refractivity contribution in [2.75, 3.05) is 7.05 Å². The minimum absolute atomic E-state index is 0.178. The van der Waals surface area contributed by atoms with Gasteiger partial charge < -0.3 is 10.5 Å². The molecule has 2 N–H and O–H groups in total. The second kappa shape index (κ2) is 11.2. The maximum absolute atomic E-state index is 11.1. The predicted octanol–water partition coefficient (Wildman–Crippen LogP) is 4.93. The highest BCUT2D eigenvalue weighted by molar-refractivity contribution is 7.12. The standard InChI is InChI=1S/C20H20N2O2S.CH5N.CH2O/c1-12-5-7-16(8-6-12)20-15(4)25-19(21-20)11-17-9-14(3)18(22(23)24)10-13(17)2;2*1-2/h5-10H,11H2,1-4H3;2H2,1H3;1H2. The highest BCUT2D eigenvalue weighted by Gasteiger charge is 2.16. The van der Waals surface area contributed by atoms with E-state index in [1.54, 1.807) is 24.3 Å². The zero-order chi connectivity index (χ0) is 22.1. The first kappa shape index (κ1) is 24.1. The van der Waals surface area contributed by atoms with E-state index in [0.717, 1.165) is 27.4 Å². The van der Waals surface area contributed by atoms with Crippen molar-refractivity contribution in [1.82, 2.24) is 4.98 Å². The van der Waals surface area contributed by atoms with Crippen molar-refractivity contribution in [3.8, 4) is 11.3 Å². The second-order valence-corrected chi connectivity index (χ2v) is 7.67. The summed E-state index contributed by atoms with van der Waals surface area (Å²) < 4.78 is 0. The molecular formula is C22H27N3O3S. The Morgan fingerprint density at radius 3 is 2.17 bits per heavy atom. The Morgan fingerprint density at radius 1 is 1.03 bits per heavy atom. The van der Waals surface area contributed by atoms with E-state index in [2.05, 4.69) is 43.8 Å². The molecule has 2 aromatic carbocycles. The lowest BCUT2D eigenvalue weighted by Crippen LogP contribution is -1.97. The van der Waals surface area contributed by atoms with Gasteiger partial charge in [0, 0.05) is 28.5 Å². The fraction of sp³-hybridized carbons (Fsp3) is 0.273. The van der Waals surface area contributed by atoms with Crippen molar-refractivity contribution in [2.45, 2.75) is 34.1 Å². The molecule has 0 aliphatic carbocycles. The molecule has 6 nitrogen and oxygen atoms in total. The SMILES string of the molecule is C=O.CN.Cc1ccc(-c2nc(Cc3cc(C)c([N+](=O)[O-])cc3C)sc2C)cc1. The maximum Gasteiger partial charge on any atom is 0.272 e. The van der Waals surface area contributed by atoms with Crippen LogP contribution in [-0.4, -0.2) is 23.7 Å². The van der Waals surface area contributed by atoms with Gasteiger partial charge in [-0.25, -0.2) is 4.98 Å². The smallest absolute Gasteiger partial charge is 0.272 e. The van der Waals surface area contributed by atoms with Gasteiger partial charge in [-0.1, -0.05) is 29.8 Å². The van der Waals surface area contributed by atoms with Crippen molar-refractivity contribution < 1.29 is 9.72 Å². The Bertz CT molecular complexity index is 966. The van der Waals surface area contributed by atoms with Crippen molar-refractivity contribution >= 4 is 23.8 Å². The van der Waals surface area contributed by atoms with Crippen molar-refractivity contribution in [3.63, 3.8) is 0 Å². The third-order valence-electron chi connectivity index (χ3n) is 4.36. The number of thiazole rings is 1. The third kappa shape index (κ3) is 6.04. The fourth-order valence-electron chi connectivity index (χ4n) is 2.92. The van der Waals surface area contributed by atoms with Crippen LogP contribution in [0.15, 0.2) is 36.4 Å². The predicted molar refractivity (Wildman–Crippen MR) is 120 cm³/mol. The Kier molecular flexibility index (Phi) is 9.31. The lowest BCUT2D eigenvalue weighted by atomic mass is 10.0. The number of rotatable bonds is 4. The van der Waals surface area contributed by atoms with Crippen LogP contribution < -0.4 is 5.73 Å². The van der Waals surface area contributed by atoms with Gasteiger partial charge in [-0.05, 0) is 51.9 Å². The molecule has 29 heavy (non-hydrogen) atoms. The topological polar surface area (TPSA) is 99.1 Å². The lowest BCUT2D eigenvalue weighted by molar-refractivity contribution is -0.385. The molecular weight excluding hydrogens is 386 g/mol. The van der Waals surface area contributed by atoms with Gasteiger partial charge in [0.05, 0.1) is 15.6 Å². The highest BCUT2D eigenvalue weighted by Crippen LogP contribution is 2.30. The molecule has 1 heterocycles. The number of hydrogen-bond donors (Lipinski definition) is 1. The molecule has 3 rings (SSSR count). The van der Waals surface area contributed by atoms with E-state index in [4.69, 9.17) is 9.78 Å². The molecule has 0 spiro atoms. The number of benzene rings is 2. The van der Waals surface area contributed by atoms with Gasteiger partial charge in [-0.2, -0.15) is 0 Å². The number of nitrogens with two attached hydrogens (primary N) is 1. The third-order valence-corrected chi connectivity index (χ3v) is 5.33. The van der Waals surface area contributed by atoms with Crippen molar-refractivity contribution in [2.24, 2.45) is 5.73 Å². The summed E-state index contributed by atoms with van der Waals surface area (Å²) in [5.74, 6) is 0. The van der Waals surface area contributed by atoms with Crippen LogP contribution in [0.4, 0.5) is 5.69 Å². The molecule has 0 amide bonds. The van der Waals surface area contributed by atoms with Crippen LogP contribution in [0.3, 0.4) is 0 Å². The molecule has 0 fully saturated rings. The summed E-state index contributed by atoms with van der Waals surface area (Å²) in [5.41, 5.74) is 10.8. The molecule has 0 aliphatic heterocycles. The maximum atomic E-state index is 11.1. The summed E-state index contributed by atoms with van der Waals surface area (Å²) >= 11 is 1.69. The van der Waals surface area contributed by atoms with E-state index >= 15 is 0 Å². The van der Waals surface area contributed by atoms with Crippen LogP contribution in [0.2, 0.25) is 0 Å². The molecule has 0 radical (unpaired) electrons. The molecule has 0 unspecified atom stereocenters. The normalized spacial score (nSPS) is 9.72. The molecule has 0 bridgehead atoms. The first-order valence-corrected chi connectivity index (χ1v) is 9.81. The highest BCUT2D eigenvalue weighted by atomic mass is 32.1. The van der Waals surface area contributed by atoms with Crippen LogP contribution in [0.25, 0.3) is 11.3 Å². The number of aryl methyl sites for hydroxylation is 4. The Hall–Kier alpha value is -2.90. The molecule has 3 aromatic rings. The number of nitro benzene ring substituents is 1. The van der Waals surface area contributed by atoms with Gasteiger partial charge >= 0.3 is 0 Å². The summed E-state index contributed by atoms with van der Waals surface area (Å²) in [4.78, 5) is 24.8. The van der Waals surface area contributed by atoms with E-state index in [0.29, 0.717) is 12.0 Å². The van der Waals surface area contributed by atoms with Crippen LogP contribution in [0.5, 0.6) is 0 Å². The Morgan fingerprint density at radius 2 is 1.62 bits per heavy atom. The summed E-state index contributed by atoms with van der Waals surface area (Å²) in [7, 11) is 1.50. The van der Waals surface area contributed by atoms with Gasteiger partial charge in [-0.3, -0.25) is 10.1 Å². The summed E-state index contributed by atoms with van der Waals surface area (Å²) in [6.45, 7) is 9.86. The van der Waals surface area contributed by atoms with Crippen LogP contribution in [0, 0.1) is 37.8 Å². The van der Waals surface area contributed by atoms with Crippen molar-refractivity contribution in [1.29, 1.82) is 0 Å². The average Bonchev–Trinajstić information content (AvgIpc) is 3.08. The second-order valence-electron chi connectivity index (χ2n) is 6.38. The van der Waals surface area contributed by atoms with E-state index in [9.17, 15) is 10.1 Å². The molecule has 0 saturated heterocycles. The van der Waals surface area contributed by atoms with Gasteiger partial charge in [0.2, 0.25) is 0 Å². The molecule has 7 heteroatoms. The number of carbonyl (C=O) groups is 1. The van der Waals surface area contributed by atoms with Crippen LogP contribution >= 0.6 is 11.3 Å². The minimum Gasteiger partial charge on any atom is -0.333 e. The summed E-state index contributed by atoms with van der Waals surface area (Å²) in [6, 6.07) is 12.0. The van der Waals surface area contributed by atoms with Gasteiger partial charge in [0.15, 0.2) is 0 Å². The molecule has 0 aliphatic rings. The van der Waals surface area contributed by atoms with Gasteiger partial charge in [-0.15, -0.1) is 11.3 Å². The zero-order valence-electron chi connectivity index (χ0n) is 17.5. The number of aromatic nitrogens is 1. The zero-order valence-corrected chi connectivity index (χ0v) is 18.3. The van der Waals surface area contributed by atoms with Gasteiger partial charge in [0.1, 0.15) is 6.79 Å². The molecule has 1 aromatic heterocycles. The first-order valence-electron chi connectivity index (χ1n) is 8.99. The molecule has 0 saturated carbocycles. The number of hydrogen-bond acceptors (Lipinski definition) is 6. The Balaban J connectivity index is 0.000000989. The first-order chi connectivity index (χ1) is 13.8. The van der Waals surface area contributed by atoms with Crippen LogP contribution in [-0.2, 0) is 11.2 Å². The number of nitrogens with zero attached hydrogens (tertiary/aromatic N) is 2. The lowest BCUT2D eigenvalue weighted by Gasteiger charge is -2.06. The average molecular weight is 414 g/mol. The monoisotopic (exact) mass is 413 g/mol. The quantitative estimate of drug-likeness (QED) is 0.483. The minimum atomic E-state index is -0.324. The summed E-state index contributed by atoms with van der Waals surface area (Å²) in [6.07, 6.45) is 0.696. The van der Waals surface area contributed by atoms with E-state index < -0.39 is 0 Å². The Labute approximate surface area is 175 Å². The van der Waals surface area contributed by atoms with E-state index in [1.165, 1.54) is 17.5 Å². The van der Waals surface area contributed by atoms with Crippen molar-refractivity contribution in [3.05, 3.63) is 78.7 Å². The largest absolute Gasteiger partial charge is 0.333 e. The van der Waals surface area contributed by atoms with E-state index in [-0.39, 0.29) is 10.6 Å². The summed E-state index contributed by atoms with van der Waals surface area (Å²) in [5, 5.41) is 12.1. The number of carbonyl (C=O) groups excluding carboxylic acids is 1. The molecule has 0 atom stereocenters. The van der Waals surface area contributed by atoms with E-state index in [1.807, 2.05) is 19.8 Å². The van der Waals surface area contributed by atoms with Gasteiger partial charge in [0.25, 0.3) is 5.69 Å². The van der Waals surface area contributed by atoms with Crippen LogP contribution in [0.1, 0.15) is 32.1 Å². The molecule has 154 valence electrons. The fourth-order valence-corrected chi connectivity index (χ4v) is 3.90.